The van der Waals surface area contributed by atoms with Crippen LogP contribution in [0.25, 0.3) is 0 Å². The van der Waals surface area contributed by atoms with Crippen molar-refractivity contribution in [2.45, 2.75) is 76.4 Å². The molecule has 7 unspecified atom stereocenters. The van der Waals surface area contributed by atoms with E-state index in [0.29, 0.717) is 0 Å². The number of hydrogen-bond donors (Lipinski definition) is 4. The van der Waals surface area contributed by atoms with Crippen LogP contribution in [0.1, 0.15) is 27.7 Å². The van der Waals surface area contributed by atoms with Gasteiger partial charge in [0.15, 0.2) is 12.6 Å². The van der Waals surface area contributed by atoms with Crippen LogP contribution in [-0.2, 0) is 18.9 Å². The fourth-order valence-corrected chi connectivity index (χ4v) is 2.23. The third kappa shape index (κ3) is 5.10. The molecule has 8 heteroatoms. The lowest BCUT2D eigenvalue weighted by atomic mass is 9.98. The molecule has 0 aliphatic carbocycles. The van der Waals surface area contributed by atoms with Gasteiger partial charge in [-0.2, -0.15) is 0 Å². The second kappa shape index (κ2) is 7.98. The first-order valence-electron chi connectivity index (χ1n) is 7.36. The summed E-state index contributed by atoms with van der Waals surface area (Å²) in [5.74, 6) is 0. The molecule has 0 bridgehead atoms. The average molecular weight is 323 g/mol. The first kappa shape index (κ1) is 19.7. The molecule has 1 heterocycles. The molecule has 0 saturated carbocycles. The molecule has 5 N–H and O–H groups in total. The summed E-state index contributed by atoms with van der Waals surface area (Å²) in [4.78, 5) is 0. The predicted octanol–water partition coefficient (Wildman–Crippen LogP) is -1.05. The van der Waals surface area contributed by atoms with E-state index in [1.165, 1.54) is 14.0 Å². The molecule has 8 nitrogen and oxygen atoms in total. The van der Waals surface area contributed by atoms with Crippen LogP contribution in [0.4, 0.5) is 0 Å². The monoisotopic (exact) mass is 323 g/mol. The smallest absolute Gasteiger partial charge is 0.187 e. The molecule has 7 atom stereocenters. The van der Waals surface area contributed by atoms with Crippen LogP contribution < -0.4 is 5.73 Å². The van der Waals surface area contributed by atoms with Crippen molar-refractivity contribution in [1.29, 1.82) is 0 Å². The third-order valence-electron chi connectivity index (χ3n) is 3.26. The van der Waals surface area contributed by atoms with Crippen molar-refractivity contribution in [2.75, 3.05) is 13.7 Å². The number of rotatable bonds is 6. The molecule has 0 spiro atoms. The maximum atomic E-state index is 10.3. The molecule has 1 aliphatic heterocycles. The van der Waals surface area contributed by atoms with Crippen LogP contribution >= 0.6 is 0 Å². The minimum atomic E-state index is -1.31. The van der Waals surface area contributed by atoms with Crippen LogP contribution in [0.5, 0.6) is 0 Å². The van der Waals surface area contributed by atoms with E-state index in [1.807, 2.05) is 20.8 Å². The van der Waals surface area contributed by atoms with Crippen molar-refractivity contribution in [3.63, 3.8) is 0 Å². The minimum Gasteiger partial charge on any atom is -0.388 e. The van der Waals surface area contributed by atoms with Gasteiger partial charge in [-0.05, 0) is 27.7 Å². The van der Waals surface area contributed by atoms with E-state index >= 15 is 0 Å². The summed E-state index contributed by atoms with van der Waals surface area (Å²) in [5.41, 5.74) is 5.10. The highest BCUT2D eigenvalue weighted by Crippen LogP contribution is 2.28. The number of aliphatic hydroxyl groups excluding tert-OH is 3. The van der Waals surface area contributed by atoms with Crippen molar-refractivity contribution < 1.29 is 34.3 Å². The molecule has 0 amide bonds. The van der Waals surface area contributed by atoms with E-state index in [1.54, 1.807) is 0 Å². The molecular formula is C14H29NO7. The molecular weight excluding hydrogens is 294 g/mol. The van der Waals surface area contributed by atoms with Gasteiger partial charge in [-0.3, -0.25) is 0 Å². The number of nitrogens with two attached hydrogens (primary N) is 1. The van der Waals surface area contributed by atoms with Gasteiger partial charge in [0.2, 0.25) is 0 Å². The van der Waals surface area contributed by atoms with Crippen LogP contribution in [0, 0.1) is 0 Å². The highest BCUT2D eigenvalue weighted by Gasteiger charge is 2.47. The van der Waals surface area contributed by atoms with Crippen molar-refractivity contribution in [3.8, 4) is 0 Å². The summed E-state index contributed by atoms with van der Waals surface area (Å²) in [5, 5.41) is 30.1. The van der Waals surface area contributed by atoms with Gasteiger partial charge in [0.05, 0.1) is 5.60 Å². The van der Waals surface area contributed by atoms with Gasteiger partial charge in [0.1, 0.15) is 30.5 Å². The maximum absolute atomic E-state index is 10.3. The maximum Gasteiger partial charge on any atom is 0.187 e. The van der Waals surface area contributed by atoms with Crippen molar-refractivity contribution >= 4 is 0 Å². The minimum absolute atomic E-state index is 0.0503. The van der Waals surface area contributed by atoms with Crippen molar-refractivity contribution in [3.05, 3.63) is 0 Å². The SMILES string of the molecule is COC(OC1C(CN)OC(OC(C)(C)C)C(O)C1O)C(C)O. The molecule has 0 aromatic rings. The Morgan fingerprint density at radius 2 is 1.82 bits per heavy atom. The van der Waals surface area contributed by atoms with E-state index in [-0.39, 0.29) is 6.54 Å². The molecule has 0 radical (unpaired) electrons. The normalized spacial score (nSPS) is 36.1. The standard InChI is InChI=1S/C14H29NO7/c1-7(16)12(19-5)21-11-8(6-15)20-13(10(18)9(11)17)22-14(2,3)4/h7-13,16-18H,6,15H2,1-5H3. The summed E-state index contributed by atoms with van der Waals surface area (Å²) in [7, 11) is 1.37. The number of hydrogen-bond acceptors (Lipinski definition) is 8. The predicted molar refractivity (Wildman–Crippen MR) is 77.9 cm³/mol. The lowest BCUT2D eigenvalue weighted by molar-refractivity contribution is -0.339. The third-order valence-corrected chi connectivity index (χ3v) is 3.26. The van der Waals surface area contributed by atoms with Crippen molar-refractivity contribution in [2.24, 2.45) is 5.73 Å². The zero-order valence-corrected chi connectivity index (χ0v) is 13.8. The Balaban J connectivity index is 2.84. The Kier molecular flexibility index (Phi) is 7.16. The Morgan fingerprint density at radius 3 is 2.23 bits per heavy atom. The number of ether oxygens (including phenoxy) is 4. The summed E-state index contributed by atoms with van der Waals surface area (Å²) >= 11 is 0. The lowest BCUT2D eigenvalue weighted by Crippen LogP contribution is -2.62. The van der Waals surface area contributed by atoms with E-state index in [0.717, 1.165) is 0 Å². The molecule has 0 aromatic carbocycles. The summed E-state index contributed by atoms with van der Waals surface area (Å²) in [6.45, 7) is 6.97. The van der Waals surface area contributed by atoms with E-state index < -0.39 is 48.7 Å². The first-order chi connectivity index (χ1) is 10.1. The van der Waals surface area contributed by atoms with Gasteiger partial charge in [0, 0.05) is 13.7 Å². The Labute approximate surface area is 131 Å². The molecule has 1 rings (SSSR count). The highest BCUT2D eigenvalue weighted by molar-refractivity contribution is 4.92. The van der Waals surface area contributed by atoms with Gasteiger partial charge >= 0.3 is 0 Å². The quantitative estimate of drug-likeness (QED) is 0.456. The van der Waals surface area contributed by atoms with E-state index in [2.05, 4.69) is 0 Å². The zero-order valence-electron chi connectivity index (χ0n) is 13.8. The molecule has 1 saturated heterocycles. The van der Waals surface area contributed by atoms with E-state index in [9.17, 15) is 15.3 Å². The largest absolute Gasteiger partial charge is 0.388 e. The number of aliphatic hydroxyl groups is 3. The zero-order chi connectivity index (χ0) is 17.1. The Hall–Kier alpha value is -0.320. The molecule has 0 aromatic heterocycles. The van der Waals surface area contributed by atoms with Gasteiger partial charge in [-0.25, -0.2) is 0 Å². The second-order valence-electron chi connectivity index (χ2n) is 6.44. The van der Waals surface area contributed by atoms with Crippen LogP contribution in [0.15, 0.2) is 0 Å². The topological polar surface area (TPSA) is 124 Å². The molecule has 132 valence electrons. The fourth-order valence-electron chi connectivity index (χ4n) is 2.23. The van der Waals surface area contributed by atoms with Crippen LogP contribution in [0.2, 0.25) is 0 Å². The summed E-state index contributed by atoms with van der Waals surface area (Å²) in [6, 6.07) is 0. The van der Waals surface area contributed by atoms with Crippen LogP contribution in [-0.4, -0.2) is 77.7 Å². The molecule has 22 heavy (non-hydrogen) atoms. The van der Waals surface area contributed by atoms with Gasteiger partial charge < -0.3 is 40.0 Å². The highest BCUT2D eigenvalue weighted by atomic mass is 16.7. The fraction of sp³-hybridized carbons (Fsp3) is 1.00. The van der Waals surface area contributed by atoms with E-state index in [4.69, 9.17) is 24.7 Å². The molecule has 1 fully saturated rings. The van der Waals surface area contributed by atoms with Gasteiger partial charge in [-0.1, -0.05) is 0 Å². The first-order valence-corrected chi connectivity index (χ1v) is 7.36. The second-order valence-corrected chi connectivity index (χ2v) is 6.44. The van der Waals surface area contributed by atoms with Crippen molar-refractivity contribution in [1.82, 2.24) is 0 Å². The Bertz CT molecular complexity index is 332. The average Bonchev–Trinajstić information content (AvgIpc) is 2.41. The lowest BCUT2D eigenvalue weighted by Gasteiger charge is -2.44. The van der Waals surface area contributed by atoms with Crippen LogP contribution in [0.3, 0.4) is 0 Å². The van der Waals surface area contributed by atoms with Gasteiger partial charge in [0.25, 0.3) is 0 Å². The van der Waals surface area contributed by atoms with Gasteiger partial charge in [-0.15, -0.1) is 0 Å². The molecule has 1 aliphatic rings. The summed E-state index contributed by atoms with van der Waals surface area (Å²) in [6.07, 6.45) is -7.15. The summed E-state index contributed by atoms with van der Waals surface area (Å²) < 4.78 is 21.7. The Morgan fingerprint density at radius 1 is 1.23 bits per heavy atom. The number of methoxy groups -OCH3 is 1.